The van der Waals surface area contributed by atoms with Gasteiger partial charge >= 0.3 is 6.09 Å². The monoisotopic (exact) mass is 306 g/mol. The third-order valence-corrected chi connectivity index (χ3v) is 3.48. The summed E-state index contributed by atoms with van der Waals surface area (Å²) < 4.78 is 5.47. The Hall–Kier alpha value is -1.85. The highest BCUT2D eigenvalue weighted by atomic mass is 16.6. The van der Waals surface area contributed by atoms with Crippen molar-refractivity contribution in [3.8, 4) is 0 Å². The van der Waals surface area contributed by atoms with Crippen molar-refractivity contribution in [1.29, 1.82) is 0 Å². The number of aromatic nitrogens is 2. The smallest absolute Gasteiger partial charge is 0.410 e. The van der Waals surface area contributed by atoms with E-state index in [-0.39, 0.29) is 12.1 Å². The molecule has 0 saturated carbocycles. The Kier molecular flexibility index (Phi) is 4.88. The maximum absolute atomic E-state index is 12.2. The average Bonchev–Trinajstić information content (AvgIpc) is 2.81. The molecule has 0 aromatic carbocycles. The molecular weight excluding hydrogens is 280 g/mol. The zero-order valence-electron chi connectivity index (χ0n) is 14.1. The lowest BCUT2D eigenvalue weighted by Crippen LogP contribution is -2.42. The van der Waals surface area contributed by atoms with Crippen LogP contribution in [0.1, 0.15) is 45.0 Å². The highest BCUT2D eigenvalue weighted by Gasteiger charge is 2.32. The molecule has 1 saturated heterocycles. The van der Waals surface area contributed by atoms with Crippen LogP contribution in [0.2, 0.25) is 0 Å². The van der Waals surface area contributed by atoms with E-state index < -0.39 is 5.60 Å². The molecule has 0 radical (unpaired) electrons. The Labute approximate surface area is 132 Å². The third-order valence-electron chi connectivity index (χ3n) is 3.48. The SMILES string of the molecule is Cc1cc(C)nc(NC[C@H]2CCCN2C(=O)OC(C)(C)C)n1. The Morgan fingerprint density at radius 3 is 2.59 bits per heavy atom. The van der Waals surface area contributed by atoms with Gasteiger partial charge in [-0.1, -0.05) is 0 Å². The van der Waals surface area contributed by atoms with E-state index in [9.17, 15) is 4.79 Å². The Balaban J connectivity index is 1.95. The summed E-state index contributed by atoms with van der Waals surface area (Å²) in [6.45, 7) is 10.9. The number of hydrogen-bond donors (Lipinski definition) is 1. The van der Waals surface area contributed by atoms with Gasteiger partial charge < -0.3 is 15.0 Å². The van der Waals surface area contributed by atoms with Crippen molar-refractivity contribution in [2.45, 2.75) is 59.1 Å². The highest BCUT2D eigenvalue weighted by molar-refractivity contribution is 5.69. The number of aryl methyl sites for hydroxylation is 2. The number of rotatable bonds is 3. The van der Waals surface area contributed by atoms with Crippen molar-refractivity contribution in [2.24, 2.45) is 0 Å². The number of nitrogens with zero attached hydrogens (tertiary/aromatic N) is 3. The average molecular weight is 306 g/mol. The van der Waals surface area contributed by atoms with Crippen LogP contribution >= 0.6 is 0 Å². The molecule has 1 aromatic rings. The minimum absolute atomic E-state index is 0.124. The van der Waals surface area contributed by atoms with Crippen molar-refractivity contribution in [1.82, 2.24) is 14.9 Å². The predicted molar refractivity (Wildman–Crippen MR) is 86.0 cm³/mol. The maximum Gasteiger partial charge on any atom is 0.410 e. The number of ether oxygens (including phenoxy) is 1. The van der Waals surface area contributed by atoms with E-state index in [1.54, 1.807) is 4.90 Å². The van der Waals surface area contributed by atoms with Gasteiger partial charge in [-0.15, -0.1) is 0 Å². The summed E-state index contributed by atoms with van der Waals surface area (Å²) in [6, 6.07) is 2.06. The van der Waals surface area contributed by atoms with Gasteiger partial charge in [-0.25, -0.2) is 14.8 Å². The third kappa shape index (κ3) is 4.58. The first-order valence-corrected chi connectivity index (χ1v) is 7.80. The number of anilines is 1. The summed E-state index contributed by atoms with van der Waals surface area (Å²) in [6.07, 6.45) is 1.73. The molecule has 1 aliphatic heterocycles. The van der Waals surface area contributed by atoms with Crippen LogP contribution in [0.25, 0.3) is 0 Å². The van der Waals surface area contributed by atoms with Crippen LogP contribution in [0, 0.1) is 13.8 Å². The normalized spacial score (nSPS) is 18.4. The van der Waals surface area contributed by atoms with Gasteiger partial charge in [0.1, 0.15) is 5.60 Å². The molecule has 6 heteroatoms. The molecule has 1 amide bonds. The van der Waals surface area contributed by atoms with Gasteiger partial charge in [-0.2, -0.15) is 0 Å². The predicted octanol–water partition coefficient (Wildman–Crippen LogP) is 2.90. The van der Waals surface area contributed by atoms with E-state index in [2.05, 4.69) is 15.3 Å². The van der Waals surface area contributed by atoms with E-state index in [4.69, 9.17) is 4.74 Å². The molecule has 1 aromatic heterocycles. The minimum atomic E-state index is -0.464. The van der Waals surface area contributed by atoms with E-state index in [0.29, 0.717) is 12.5 Å². The van der Waals surface area contributed by atoms with Crippen LogP contribution < -0.4 is 5.32 Å². The van der Waals surface area contributed by atoms with Crippen molar-refractivity contribution in [2.75, 3.05) is 18.4 Å². The van der Waals surface area contributed by atoms with Gasteiger partial charge in [0.15, 0.2) is 0 Å². The minimum Gasteiger partial charge on any atom is -0.444 e. The molecule has 122 valence electrons. The summed E-state index contributed by atoms with van der Waals surface area (Å²) in [5.41, 5.74) is 1.41. The van der Waals surface area contributed by atoms with Crippen LogP contribution in [0.15, 0.2) is 6.07 Å². The number of likely N-dealkylation sites (tertiary alicyclic amines) is 1. The van der Waals surface area contributed by atoms with E-state index in [1.807, 2.05) is 40.7 Å². The fourth-order valence-electron chi connectivity index (χ4n) is 2.62. The number of hydrogen-bond acceptors (Lipinski definition) is 5. The van der Waals surface area contributed by atoms with Crippen LogP contribution in [-0.4, -0.2) is 45.7 Å². The zero-order chi connectivity index (χ0) is 16.3. The lowest BCUT2D eigenvalue weighted by atomic mass is 10.2. The molecule has 0 aliphatic carbocycles. The largest absolute Gasteiger partial charge is 0.444 e. The van der Waals surface area contributed by atoms with Gasteiger partial charge in [0.2, 0.25) is 5.95 Å². The van der Waals surface area contributed by atoms with Crippen LogP contribution in [0.3, 0.4) is 0 Å². The number of nitrogens with one attached hydrogen (secondary N) is 1. The fourth-order valence-corrected chi connectivity index (χ4v) is 2.62. The topological polar surface area (TPSA) is 67.4 Å². The van der Waals surface area contributed by atoms with E-state index >= 15 is 0 Å². The lowest BCUT2D eigenvalue weighted by Gasteiger charge is -2.28. The van der Waals surface area contributed by atoms with Crippen molar-refractivity contribution in [3.05, 3.63) is 17.5 Å². The first kappa shape index (κ1) is 16.5. The Bertz CT molecular complexity index is 519. The Morgan fingerprint density at radius 2 is 2.00 bits per heavy atom. The second-order valence-corrected chi connectivity index (χ2v) is 6.83. The molecular formula is C16H26N4O2. The molecule has 2 rings (SSSR count). The van der Waals surface area contributed by atoms with Crippen molar-refractivity contribution in [3.63, 3.8) is 0 Å². The Morgan fingerprint density at radius 1 is 1.36 bits per heavy atom. The first-order valence-electron chi connectivity index (χ1n) is 7.80. The van der Waals surface area contributed by atoms with E-state index in [0.717, 1.165) is 30.8 Å². The molecule has 22 heavy (non-hydrogen) atoms. The summed E-state index contributed by atoms with van der Waals surface area (Å²) in [5, 5.41) is 3.24. The summed E-state index contributed by atoms with van der Waals surface area (Å²) in [7, 11) is 0. The first-order chi connectivity index (χ1) is 10.2. The van der Waals surface area contributed by atoms with Crippen molar-refractivity contribution < 1.29 is 9.53 Å². The van der Waals surface area contributed by atoms with Crippen molar-refractivity contribution >= 4 is 12.0 Å². The quantitative estimate of drug-likeness (QED) is 0.930. The molecule has 1 aliphatic rings. The van der Waals surface area contributed by atoms with Gasteiger partial charge in [0.25, 0.3) is 0 Å². The second-order valence-electron chi connectivity index (χ2n) is 6.83. The molecule has 6 nitrogen and oxygen atoms in total. The molecule has 1 atom stereocenters. The molecule has 0 unspecified atom stereocenters. The molecule has 1 N–H and O–H groups in total. The van der Waals surface area contributed by atoms with Gasteiger partial charge in [0.05, 0.1) is 6.04 Å². The molecule has 0 bridgehead atoms. The van der Waals surface area contributed by atoms with Crippen LogP contribution in [0.5, 0.6) is 0 Å². The summed E-state index contributed by atoms with van der Waals surface area (Å²) in [4.78, 5) is 22.8. The number of carbonyl (C=O) groups is 1. The fraction of sp³-hybridized carbons (Fsp3) is 0.688. The number of carbonyl (C=O) groups excluding carboxylic acids is 1. The second kappa shape index (κ2) is 6.50. The zero-order valence-corrected chi connectivity index (χ0v) is 14.1. The highest BCUT2D eigenvalue weighted by Crippen LogP contribution is 2.21. The molecule has 1 fully saturated rings. The van der Waals surface area contributed by atoms with Crippen LogP contribution in [-0.2, 0) is 4.74 Å². The molecule has 2 heterocycles. The standard InChI is InChI=1S/C16H26N4O2/c1-11-9-12(2)19-14(18-11)17-10-13-7-6-8-20(13)15(21)22-16(3,4)5/h9,13H,6-8,10H2,1-5H3,(H,17,18,19)/t13-/m1/s1. The van der Waals surface area contributed by atoms with E-state index in [1.165, 1.54) is 0 Å². The molecule has 0 spiro atoms. The van der Waals surface area contributed by atoms with Gasteiger partial charge in [0, 0.05) is 24.5 Å². The lowest BCUT2D eigenvalue weighted by molar-refractivity contribution is 0.0235. The van der Waals surface area contributed by atoms with Gasteiger partial charge in [-0.05, 0) is 53.5 Å². The maximum atomic E-state index is 12.2. The summed E-state index contributed by atoms with van der Waals surface area (Å²) in [5.74, 6) is 0.619. The van der Waals surface area contributed by atoms with Crippen LogP contribution in [0.4, 0.5) is 10.7 Å². The summed E-state index contributed by atoms with van der Waals surface area (Å²) >= 11 is 0. The number of amides is 1. The van der Waals surface area contributed by atoms with Gasteiger partial charge in [-0.3, -0.25) is 0 Å².